The van der Waals surface area contributed by atoms with E-state index in [9.17, 15) is 0 Å². The maximum Gasteiger partial charge on any atom is 0.143 e. The molecule has 0 fully saturated rings. The van der Waals surface area contributed by atoms with Crippen LogP contribution in [0, 0.1) is 0 Å². The molecule has 3 heterocycles. The fraction of sp³-hybridized carbons (Fsp3) is 0.0769. The number of aromatic nitrogens is 3. The van der Waals surface area contributed by atoms with Crippen LogP contribution in [0.15, 0.2) is 76.8 Å². The predicted octanol–water partition coefficient (Wildman–Crippen LogP) is 8.06. The molecule has 0 aliphatic rings. The Labute approximate surface area is 197 Å². The van der Waals surface area contributed by atoms with Crippen LogP contribution >= 0.6 is 27.3 Å². The molecule has 0 unspecified atom stereocenters. The largest absolute Gasteiger partial charge is 0.354 e. The van der Waals surface area contributed by atoms with E-state index in [-0.39, 0.29) is 0 Å². The van der Waals surface area contributed by atoms with E-state index < -0.39 is 0 Å². The molecule has 3 aromatic carbocycles. The monoisotopic (exact) mass is 498 g/mol. The molecular formula is C26H19BrN4S. The van der Waals surface area contributed by atoms with E-state index in [1.165, 1.54) is 21.9 Å². The molecule has 32 heavy (non-hydrogen) atoms. The zero-order valence-corrected chi connectivity index (χ0v) is 19.7. The van der Waals surface area contributed by atoms with Crippen molar-refractivity contribution >= 4 is 70.8 Å². The number of halogens is 1. The number of rotatable bonds is 4. The van der Waals surface area contributed by atoms with Gasteiger partial charge in [0.25, 0.3) is 0 Å². The highest BCUT2D eigenvalue weighted by Crippen LogP contribution is 2.38. The summed E-state index contributed by atoms with van der Waals surface area (Å²) in [5.74, 6) is 0.818. The van der Waals surface area contributed by atoms with Crippen LogP contribution < -0.4 is 5.32 Å². The van der Waals surface area contributed by atoms with Crippen molar-refractivity contribution in [2.75, 3.05) is 5.32 Å². The van der Waals surface area contributed by atoms with Crippen molar-refractivity contribution in [1.29, 1.82) is 0 Å². The van der Waals surface area contributed by atoms with Gasteiger partial charge in [-0.3, -0.25) is 0 Å². The second kappa shape index (κ2) is 7.73. The van der Waals surface area contributed by atoms with Crippen LogP contribution in [0.25, 0.3) is 43.1 Å². The zero-order chi connectivity index (χ0) is 21.7. The second-order valence-corrected chi connectivity index (χ2v) is 9.54. The molecule has 0 aliphatic carbocycles. The topological polar surface area (TPSA) is 53.6 Å². The fourth-order valence-electron chi connectivity index (χ4n) is 4.31. The molecule has 6 heteroatoms. The number of benzene rings is 3. The Morgan fingerprint density at radius 1 is 1.00 bits per heavy atom. The number of H-pyrrole nitrogens is 1. The lowest BCUT2D eigenvalue weighted by Gasteiger charge is -2.09. The molecule has 0 spiro atoms. The Bertz CT molecular complexity index is 1600. The van der Waals surface area contributed by atoms with Gasteiger partial charge in [-0.2, -0.15) is 0 Å². The minimum Gasteiger partial charge on any atom is -0.354 e. The van der Waals surface area contributed by atoms with Crippen LogP contribution in [-0.4, -0.2) is 15.0 Å². The maximum atomic E-state index is 4.59. The number of para-hydroxylation sites is 1. The highest BCUT2D eigenvalue weighted by molar-refractivity contribution is 9.10. The SMILES string of the molecule is CCc1cccc2c1[nH]c1cc(Nc3ncnc4scc(-c5ccc(Br)cc5)c34)ccc12. The summed E-state index contributed by atoms with van der Waals surface area (Å²) in [4.78, 5) is 13.7. The first-order valence-electron chi connectivity index (χ1n) is 10.5. The Morgan fingerprint density at radius 2 is 1.88 bits per heavy atom. The molecule has 0 aliphatic heterocycles. The van der Waals surface area contributed by atoms with E-state index in [0.717, 1.165) is 49.3 Å². The number of aryl methyl sites for hydroxylation is 1. The lowest BCUT2D eigenvalue weighted by Crippen LogP contribution is -1.95. The molecule has 0 radical (unpaired) electrons. The summed E-state index contributed by atoms with van der Waals surface area (Å²) in [5, 5.41) is 9.25. The number of anilines is 2. The Morgan fingerprint density at radius 3 is 2.72 bits per heavy atom. The average molecular weight is 499 g/mol. The summed E-state index contributed by atoms with van der Waals surface area (Å²) in [6.45, 7) is 2.19. The third-order valence-electron chi connectivity index (χ3n) is 5.89. The highest BCUT2D eigenvalue weighted by atomic mass is 79.9. The third-order valence-corrected chi connectivity index (χ3v) is 7.30. The molecular weight excluding hydrogens is 480 g/mol. The lowest BCUT2D eigenvalue weighted by molar-refractivity contribution is 1.15. The third kappa shape index (κ3) is 3.18. The molecule has 0 amide bonds. The molecule has 3 aromatic heterocycles. The van der Waals surface area contributed by atoms with Crippen LogP contribution in [0.4, 0.5) is 11.5 Å². The quantitative estimate of drug-likeness (QED) is 0.258. The predicted molar refractivity (Wildman–Crippen MR) is 139 cm³/mol. The minimum atomic E-state index is 0.818. The maximum absolute atomic E-state index is 4.59. The molecule has 0 saturated carbocycles. The van der Waals surface area contributed by atoms with Gasteiger partial charge in [0.2, 0.25) is 0 Å². The number of nitrogens with one attached hydrogen (secondary N) is 2. The summed E-state index contributed by atoms with van der Waals surface area (Å²) in [5.41, 5.74) is 6.96. The van der Waals surface area contributed by atoms with E-state index in [0.29, 0.717) is 0 Å². The number of aromatic amines is 1. The van der Waals surface area contributed by atoms with Crippen LogP contribution in [0.2, 0.25) is 0 Å². The Balaban J connectivity index is 1.45. The number of nitrogens with zero attached hydrogens (tertiary/aromatic N) is 2. The zero-order valence-electron chi connectivity index (χ0n) is 17.3. The van der Waals surface area contributed by atoms with Gasteiger partial charge in [-0.1, -0.05) is 59.3 Å². The normalized spacial score (nSPS) is 11.6. The van der Waals surface area contributed by atoms with Crippen LogP contribution in [0.1, 0.15) is 12.5 Å². The van der Waals surface area contributed by atoms with Gasteiger partial charge in [-0.25, -0.2) is 9.97 Å². The highest BCUT2D eigenvalue weighted by Gasteiger charge is 2.14. The van der Waals surface area contributed by atoms with Gasteiger partial charge in [0, 0.05) is 42.9 Å². The smallest absolute Gasteiger partial charge is 0.143 e. The van der Waals surface area contributed by atoms with Gasteiger partial charge in [0.05, 0.1) is 5.39 Å². The van der Waals surface area contributed by atoms with Gasteiger partial charge in [-0.15, -0.1) is 11.3 Å². The average Bonchev–Trinajstić information content (AvgIpc) is 3.41. The molecule has 0 bridgehead atoms. The first-order valence-corrected chi connectivity index (χ1v) is 12.2. The van der Waals surface area contributed by atoms with Crippen molar-refractivity contribution in [3.05, 3.63) is 82.4 Å². The summed E-state index contributed by atoms with van der Waals surface area (Å²) in [6, 6.07) is 21.3. The second-order valence-electron chi connectivity index (χ2n) is 7.76. The lowest BCUT2D eigenvalue weighted by atomic mass is 10.1. The summed E-state index contributed by atoms with van der Waals surface area (Å²) in [7, 11) is 0. The molecule has 6 rings (SSSR count). The number of thiophene rings is 1. The van der Waals surface area contributed by atoms with E-state index in [2.05, 4.69) is 109 Å². The minimum absolute atomic E-state index is 0.818. The van der Waals surface area contributed by atoms with Crippen molar-refractivity contribution in [3.8, 4) is 11.1 Å². The van der Waals surface area contributed by atoms with Crippen LogP contribution in [0.3, 0.4) is 0 Å². The molecule has 6 aromatic rings. The first kappa shape index (κ1) is 19.5. The summed E-state index contributed by atoms with van der Waals surface area (Å²) >= 11 is 5.16. The number of hydrogen-bond donors (Lipinski definition) is 2. The van der Waals surface area contributed by atoms with Crippen molar-refractivity contribution in [1.82, 2.24) is 15.0 Å². The molecule has 4 nitrogen and oxygen atoms in total. The number of fused-ring (bicyclic) bond motifs is 4. The van der Waals surface area contributed by atoms with Crippen LogP contribution in [0.5, 0.6) is 0 Å². The van der Waals surface area contributed by atoms with Gasteiger partial charge < -0.3 is 10.3 Å². The van der Waals surface area contributed by atoms with Crippen LogP contribution in [-0.2, 0) is 6.42 Å². The van der Waals surface area contributed by atoms with Gasteiger partial charge in [0.15, 0.2) is 0 Å². The molecule has 0 saturated heterocycles. The summed E-state index contributed by atoms with van der Waals surface area (Å²) < 4.78 is 1.06. The van der Waals surface area contributed by atoms with Gasteiger partial charge in [0.1, 0.15) is 17.0 Å². The van der Waals surface area contributed by atoms with E-state index >= 15 is 0 Å². The molecule has 0 atom stereocenters. The standard InChI is InChI=1S/C26H19BrN4S/c1-2-15-4-3-5-20-19-11-10-18(12-22(19)31-24(15)20)30-25-23-21(13-32-26(23)29-14-28-25)16-6-8-17(27)9-7-16/h3-14,31H,2H2,1H3,(H,28,29,30). The molecule has 2 N–H and O–H groups in total. The Kier molecular flexibility index (Phi) is 4.70. The molecule has 156 valence electrons. The van der Waals surface area contributed by atoms with Gasteiger partial charge >= 0.3 is 0 Å². The van der Waals surface area contributed by atoms with E-state index in [1.807, 2.05) is 0 Å². The van der Waals surface area contributed by atoms with Crippen molar-refractivity contribution in [3.63, 3.8) is 0 Å². The van der Waals surface area contributed by atoms with Crippen molar-refractivity contribution < 1.29 is 0 Å². The number of hydrogen-bond acceptors (Lipinski definition) is 4. The summed E-state index contributed by atoms with van der Waals surface area (Å²) in [6.07, 6.45) is 2.63. The van der Waals surface area contributed by atoms with Gasteiger partial charge in [-0.05, 0) is 41.8 Å². The first-order chi connectivity index (χ1) is 15.7. The fourth-order valence-corrected chi connectivity index (χ4v) is 5.49. The van der Waals surface area contributed by atoms with E-state index in [4.69, 9.17) is 0 Å². The van der Waals surface area contributed by atoms with Crippen molar-refractivity contribution in [2.24, 2.45) is 0 Å². The van der Waals surface area contributed by atoms with Crippen molar-refractivity contribution in [2.45, 2.75) is 13.3 Å². The Hall–Kier alpha value is -3.22. The van der Waals surface area contributed by atoms with E-state index in [1.54, 1.807) is 17.7 Å².